The van der Waals surface area contributed by atoms with Gasteiger partial charge in [-0.05, 0) is 18.9 Å². The van der Waals surface area contributed by atoms with Crippen molar-refractivity contribution < 1.29 is 0 Å². The summed E-state index contributed by atoms with van der Waals surface area (Å²) in [5.74, 6) is 4.04. The minimum Gasteiger partial charge on any atom is -0.316 e. The van der Waals surface area contributed by atoms with Gasteiger partial charge in [0, 0.05) is 12.5 Å². The van der Waals surface area contributed by atoms with Gasteiger partial charge in [0.25, 0.3) is 0 Å². The van der Waals surface area contributed by atoms with Gasteiger partial charge in [0.2, 0.25) is 0 Å². The summed E-state index contributed by atoms with van der Waals surface area (Å²) in [6, 6.07) is 0.472. The first-order valence-electron chi connectivity index (χ1n) is 4.24. The molecule has 0 saturated heterocycles. The highest BCUT2D eigenvalue weighted by atomic mass is 14.9. The molecule has 0 aliphatic rings. The molecule has 2 atom stereocenters. The highest BCUT2D eigenvalue weighted by molar-refractivity contribution is 4.91. The molecule has 0 bridgehead atoms. The first kappa shape index (κ1) is 10.5. The van der Waals surface area contributed by atoms with Crippen LogP contribution in [-0.4, -0.2) is 13.1 Å². The molecule has 64 valence electrons. The SMILES string of the molecule is C#CCC(NC)C(C)C(C)C. The molecule has 0 aliphatic heterocycles. The molecule has 0 spiro atoms. The summed E-state index contributed by atoms with van der Waals surface area (Å²) >= 11 is 0. The third-order valence-electron chi connectivity index (χ3n) is 2.39. The van der Waals surface area contributed by atoms with Crippen molar-refractivity contribution >= 4 is 0 Å². The Morgan fingerprint density at radius 1 is 1.36 bits per heavy atom. The monoisotopic (exact) mass is 153 g/mol. The van der Waals surface area contributed by atoms with Gasteiger partial charge in [0.1, 0.15) is 0 Å². The van der Waals surface area contributed by atoms with Crippen LogP contribution in [0.1, 0.15) is 27.2 Å². The standard InChI is InChI=1S/C10H19N/c1-6-7-10(11-5)9(4)8(2)3/h1,8-11H,7H2,2-5H3. The number of terminal acetylenes is 1. The Morgan fingerprint density at radius 2 is 1.91 bits per heavy atom. The molecule has 1 heteroatoms. The average Bonchev–Trinajstić information content (AvgIpc) is 1.98. The molecule has 11 heavy (non-hydrogen) atoms. The largest absolute Gasteiger partial charge is 0.316 e. The Hall–Kier alpha value is -0.480. The van der Waals surface area contributed by atoms with Gasteiger partial charge in [-0.2, -0.15) is 0 Å². The highest BCUT2D eigenvalue weighted by Crippen LogP contribution is 2.15. The Labute approximate surface area is 70.6 Å². The van der Waals surface area contributed by atoms with Gasteiger partial charge in [-0.25, -0.2) is 0 Å². The third kappa shape index (κ3) is 3.43. The summed E-state index contributed by atoms with van der Waals surface area (Å²) in [6.07, 6.45) is 6.08. The van der Waals surface area contributed by atoms with E-state index in [-0.39, 0.29) is 0 Å². The molecule has 0 heterocycles. The van der Waals surface area contributed by atoms with Crippen molar-refractivity contribution in [3.8, 4) is 12.3 Å². The molecule has 0 aromatic heterocycles. The molecular weight excluding hydrogens is 134 g/mol. The zero-order chi connectivity index (χ0) is 8.85. The van der Waals surface area contributed by atoms with Crippen molar-refractivity contribution in [1.82, 2.24) is 5.32 Å². The number of rotatable bonds is 4. The summed E-state index contributed by atoms with van der Waals surface area (Å²) in [5.41, 5.74) is 0. The first-order valence-corrected chi connectivity index (χ1v) is 4.24. The van der Waals surface area contributed by atoms with Crippen molar-refractivity contribution in [2.75, 3.05) is 7.05 Å². The Morgan fingerprint density at radius 3 is 2.18 bits per heavy atom. The van der Waals surface area contributed by atoms with E-state index in [4.69, 9.17) is 6.42 Å². The number of hydrogen-bond donors (Lipinski definition) is 1. The van der Waals surface area contributed by atoms with E-state index in [1.54, 1.807) is 0 Å². The fourth-order valence-corrected chi connectivity index (χ4v) is 1.14. The fraction of sp³-hybridized carbons (Fsp3) is 0.800. The number of nitrogens with one attached hydrogen (secondary N) is 1. The Bertz CT molecular complexity index is 132. The summed E-state index contributed by atoms with van der Waals surface area (Å²) < 4.78 is 0. The van der Waals surface area contributed by atoms with E-state index in [0.29, 0.717) is 17.9 Å². The van der Waals surface area contributed by atoms with Crippen LogP contribution in [0.3, 0.4) is 0 Å². The second kappa shape index (κ2) is 5.21. The molecule has 1 N–H and O–H groups in total. The van der Waals surface area contributed by atoms with Crippen LogP contribution < -0.4 is 5.32 Å². The second-order valence-corrected chi connectivity index (χ2v) is 3.41. The van der Waals surface area contributed by atoms with Gasteiger partial charge in [0.15, 0.2) is 0 Å². The second-order valence-electron chi connectivity index (χ2n) is 3.41. The lowest BCUT2D eigenvalue weighted by Crippen LogP contribution is -2.34. The minimum atomic E-state index is 0.472. The maximum Gasteiger partial charge on any atom is 0.0243 e. The topological polar surface area (TPSA) is 12.0 Å². The van der Waals surface area contributed by atoms with Crippen molar-refractivity contribution in [2.24, 2.45) is 11.8 Å². The minimum absolute atomic E-state index is 0.472. The zero-order valence-corrected chi connectivity index (χ0v) is 8.02. The van der Waals surface area contributed by atoms with Gasteiger partial charge in [-0.1, -0.05) is 20.8 Å². The van der Waals surface area contributed by atoms with Crippen LogP contribution in [0, 0.1) is 24.2 Å². The van der Waals surface area contributed by atoms with Gasteiger partial charge in [-0.3, -0.25) is 0 Å². The van der Waals surface area contributed by atoms with E-state index in [1.807, 2.05) is 7.05 Å². The van der Waals surface area contributed by atoms with Crippen LogP contribution in [0.5, 0.6) is 0 Å². The molecule has 0 aliphatic carbocycles. The Kier molecular flexibility index (Phi) is 4.98. The van der Waals surface area contributed by atoms with E-state index in [1.165, 1.54) is 0 Å². The summed E-state index contributed by atoms with van der Waals surface area (Å²) in [6.45, 7) is 6.69. The maximum atomic E-state index is 5.25. The van der Waals surface area contributed by atoms with Crippen molar-refractivity contribution in [3.63, 3.8) is 0 Å². The van der Waals surface area contributed by atoms with E-state index in [2.05, 4.69) is 32.0 Å². The lowest BCUT2D eigenvalue weighted by Gasteiger charge is -2.24. The number of hydrogen-bond acceptors (Lipinski definition) is 1. The summed E-state index contributed by atoms with van der Waals surface area (Å²) in [4.78, 5) is 0. The van der Waals surface area contributed by atoms with E-state index < -0.39 is 0 Å². The van der Waals surface area contributed by atoms with Crippen LogP contribution in [0.25, 0.3) is 0 Å². The molecule has 0 radical (unpaired) electrons. The van der Waals surface area contributed by atoms with E-state index >= 15 is 0 Å². The van der Waals surface area contributed by atoms with Crippen LogP contribution in [0.15, 0.2) is 0 Å². The first-order chi connectivity index (χ1) is 5.13. The van der Waals surface area contributed by atoms with Crippen LogP contribution in [-0.2, 0) is 0 Å². The molecule has 0 aromatic carbocycles. The van der Waals surface area contributed by atoms with Crippen LogP contribution in [0.2, 0.25) is 0 Å². The van der Waals surface area contributed by atoms with Crippen molar-refractivity contribution in [2.45, 2.75) is 33.2 Å². The average molecular weight is 153 g/mol. The molecule has 0 rings (SSSR count). The maximum absolute atomic E-state index is 5.25. The Balaban J connectivity index is 3.93. The van der Waals surface area contributed by atoms with Gasteiger partial charge < -0.3 is 5.32 Å². The van der Waals surface area contributed by atoms with Crippen LogP contribution in [0.4, 0.5) is 0 Å². The van der Waals surface area contributed by atoms with Crippen LogP contribution >= 0.6 is 0 Å². The summed E-state index contributed by atoms with van der Waals surface area (Å²) in [7, 11) is 1.97. The smallest absolute Gasteiger partial charge is 0.0243 e. The predicted molar refractivity (Wildman–Crippen MR) is 50.3 cm³/mol. The molecule has 0 amide bonds. The third-order valence-corrected chi connectivity index (χ3v) is 2.39. The molecule has 0 fully saturated rings. The fourth-order valence-electron chi connectivity index (χ4n) is 1.14. The lowest BCUT2D eigenvalue weighted by atomic mass is 9.89. The molecular formula is C10H19N. The quantitative estimate of drug-likeness (QED) is 0.608. The lowest BCUT2D eigenvalue weighted by molar-refractivity contribution is 0.315. The molecule has 1 nitrogen and oxygen atoms in total. The normalized spacial score (nSPS) is 16.0. The summed E-state index contributed by atoms with van der Waals surface area (Å²) in [5, 5.41) is 3.24. The van der Waals surface area contributed by atoms with Gasteiger partial charge in [0.05, 0.1) is 0 Å². The van der Waals surface area contributed by atoms with Gasteiger partial charge in [-0.15, -0.1) is 12.3 Å². The van der Waals surface area contributed by atoms with E-state index in [9.17, 15) is 0 Å². The van der Waals surface area contributed by atoms with E-state index in [0.717, 1.165) is 6.42 Å². The zero-order valence-electron chi connectivity index (χ0n) is 8.02. The van der Waals surface area contributed by atoms with Gasteiger partial charge >= 0.3 is 0 Å². The highest BCUT2D eigenvalue weighted by Gasteiger charge is 2.16. The molecule has 0 saturated carbocycles. The predicted octanol–water partition coefficient (Wildman–Crippen LogP) is 1.89. The molecule has 2 unspecified atom stereocenters. The van der Waals surface area contributed by atoms with Crippen molar-refractivity contribution in [1.29, 1.82) is 0 Å². The molecule has 0 aromatic rings. The van der Waals surface area contributed by atoms with Crippen molar-refractivity contribution in [3.05, 3.63) is 0 Å².